The molecule has 0 fully saturated rings. The third-order valence-corrected chi connectivity index (χ3v) is 2.27. The monoisotopic (exact) mass is 227 g/mol. The Morgan fingerprint density at radius 3 is 2.94 bits per heavy atom. The van der Waals surface area contributed by atoms with Gasteiger partial charge in [-0.1, -0.05) is 11.8 Å². The number of carbonyl (C=O) groups excluding carboxylic acids is 1. The van der Waals surface area contributed by atoms with Crippen LogP contribution >= 0.6 is 0 Å². The largest absolute Gasteiger partial charge is 0.477 e. The maximum atomic E-state index is 10.8. The van der Waals surface area contributed by atoms with Crippen molar-refractivity contribution in [3.05, 3.63) is 35.5 Å². The second-order valence-electron chi connectivity index (χ2n) is 3.46. The Kier molecular flexibility index (Phi) is 2.93. The first kappa shape index (κ1) is 11.0. The molecule has 0 aliphatic carbocycles. The van der Waals surface area contributed by atoms with E-state index in [4.69, 9.17) is 5.11 Å². The van der Waals surface area contributed by atoms with Crippen LogP contribution in [-0.4, -0.2) is 22.3 Å². The number of hydrogen-bond acceptors (Lipinski definition) is 2. The number of carbonyl (C=O) groups is 2. The molecule has 0 amide bonds. The Labute approximate surface area is 97.3 Å². The van der Waals surface area contributed by atoms with Crippen LogP contribution in [0.25, 0.3) is 10.9 Å². The predicted molar refractivity (Wildman–Crippen MR) is 62.8 cm³/mol. The molecule has 4 heteroatoms. The molecule has 0 radical (unpaired) electrons. The van der Waals surface area contributed by atoms with Crippen LogP contribution in [0, 0.1) is 11.8 Å². The summed E-state index contributed by atoms with van der Waals surface area (Å²) in [4.78, 5) is 23.7. The van der Waals surface area contributed by atoms with Gasteiger partial charge in [0.2, 0.25) is 0 Å². The molecule has 0 aliphatic heterocycles. The van der Waals surface area contributed by atoms with E-state index in [-0.39, 0.29) is 12.1 Å². The standard InChI is InChI=1S/C13H9NO3/c15-6-2-1-3-9-4-5-11-10(7-9)8-12(14-11)13(16)17/h4-8,14H,2H2,(H,16,17). The fourth-order valence-electron chi connectivity index (χ4n) is 1.52. The molecule has 0 saturated carbocycles. The lowest BCUT2D eigenvalue weighted by atomic mass is 10.1. The molecule has 0 bridgehead atoms. The van der Waals surface area contributed by atoms with Crippen LogP contribution in [0.5, 0.6) is 0 Å². The summed E-state index contributed by atoms with van der Waals surface area (Å²) in [5, 5.41) is 9.62. The molecule has 1 aromatic heterocycles. The number of fused-ring (bicyclic) bond motifs is 1. The molecule has 0 aliphatic rings. The van der Waals surface area contributed by atoms with Crippen LogP contribution in [0.4, 0.5) is 0 Å². The number of aromatic carboxylic acids is 1. The van der Waals surface area contributed by atoms with Crippen molar-refractivity contribution in [2.45, 2.75) is 6.42 Å². The van der Waals surface area contributed by atoms with E-state index in [0.717, 1.165) is 22.8 Å². The number of hydrogen-bond donors (Lipinski definition) is 2. The molecule has 0 unspecified atom stereocenters. The maximum absolute atomic E-state index is 10.8. The highest BCUT2D eigenvalue weighted by Crippen LogP contribution is 2.16. The van der Waals surface area contributed by atoms with Gasteiger partial charge in [-0.25, -0.2) is 4.79 Å². The van der Waals surface area contributed by atoms with E-state index in [1.165, 1.54) is 0 Å². The van der Waals surface area contributed by atoms with Gasteiger partial charge in [0.15, 0.2) is 0 Å². The first-order chi connectivity index (χ1) is 8.20. The minimum atomic E-state index is -0.991. The van der Waals surface area contributed by atoms with Gasteiger partial charge in [0.1, 0.15) is 12.0 Å². The third-order valence-electron chi connectivity index (χ3n) is 2.27. The second-order valence-corrected chi connectivity index (χ2v) is 3.46. The van der Waals surface area contributed by atoms with Crippen LogP contribution in [0.1, 0.15) is 22.5 Å². The van der Waals surface area contributed by atoms with Crippen molar-refractivity contribution < 1.29 is 14.7 Å². The minimum Gasteiger partial charge on any atom is -0.477 e. The van der Waals surface area contributed by atoms with Gasteiger partial charge in [-0.15, -0.1) is 0 Å². The minimum absolute atomic E-state index is 0.151. The molecule has 2 rings (SSSR count). The Hall–Kier alpha value is -2.54. The topological polar surface area (TPSA) is 70.2 Å². The number of aromatic nitrogens is 1. The van der Waals surface area contributed by atoms with E-state index in [0.29, 0.717) is 0 Å². The lowest BCUT2D eigenvalue weighted by Gasteiger charge is -1.90. The van der Waals surface area contributed by atoms with Crippen molar-refractivity contribution in [1.29, 1.82) is 0 Å². The first-order valence-electron chi connectivity index (χ1n) is 4.99. The van der Waals surface area contributed by atoms with Crippen molar-refractivity contribution in [2.75, 3.05) is 0 Å². The zero-order valence-electron chi connectivity index (χ0n) is 8.86. The zero-order valence-corrected chi connectivity index (χ0v) is 8.86. The maximum Gasteiger partial charge on any atom is 0.352 e. The Morgan fingerprint density at radius 2 is 2.24 bits per heavy atom. The summed E-state index contributed by atoms with van der Waals surface area (Å²) >= 11 is 0. The molecule has 1 heterocycles. The molecule has 0 saturated heterocycles. The van der Waals surface area contributed by atoms with E-state index in [1.807, 2.05) is 0 Å². The lowest BCUT2D eigenvalue weighted by molar-refractivity contribution is -0.107. The smallest absolute Gasteiger partial charge is 0.352 e. The molecule has 0 spiro atoms. The Balaban J connectivity index is 2.40. The highest BCUT2D eigenvalue weighted by molar-refractivity contribution is 5.94. The van der Waals surface area contributed by atoms with E-state index >= 15 is 0 Å². The van der Waals surface area contributed by atoms with Crippen molar-refractivity contribution in [3.63, 3.8) is 0 Å². The van der Waals surface area contributed by atoms with Gasteiger partial charge < -0.3 is 14.9 Å². The number of aromatic amines is 1. The number of aldehydes is 1. The Bertz CT molecular complexity index is 643. The van der Waals surface area contributed by atoms with Crippen LogP contribution in [0.3, 0.4) is 0 Å². The van der Waals surface area contributed by atoms with Crippen molar-refractivity contribution in [3.8, 4) is 11.8 Å². The van der Waals surface area contributed by atoms with Crippen molar-refractivity contribution in [1.82, 2.24) is 4.98 Å². The normalized spacial score (nSPS) is 9.65. The summed E-state index contributed by atoms with van der Waals surface area (Å²) in [6.45, 7) is 0. The number of nitrogens with one attached hydrogen (secondary N) is 1. The van der Waals surface area contributed by atoms with E-state index in [1.54, 1.807) is 24.3 Å². The summed E-state index contributed by atoms with van der Waals surface area (Å²) in [6, 6.07) is 6.90. The van der Waals surface area contributed by atoms with Gasteiger partial charge >= 0.3 is 5.97 Å². The van der Waals surface area contributed by atoms with E-state index in [9.17, 15) is 9.59 Å². The fourth-order valence-corrected chi connectivity index (χ4v) is 1.52. The van der Waals surface area contributed by atoms with Crippen molar-refractivity contribution in [2.24, 2.45) is 0 Å². The summed E-state index contributed by atoms with van der Waals surface area (Å²) in [6.07, 6.45) is 0.940. The van der Waals surface area contributed by atoms with Crippen molar-refractivity contribution >= 4 is 23.2 Å². The average molecular weight is 227 g/mol. The molecule has 2 aromatic rings. The molecular weight excluding hydrogens is 218 g/mol. The predicted octanol–water partition coefficient (Wildman–Crippen LogP) is 1.81. The van der Waals surface area contributed by atoms with Gasteiger partial charge in [-0.05, 0) is 24.3 Å². The third kappa shape index (κ3) is 2.34. The van der Waals surface area contributed by atoms with Gasteiger partial charge in [-0.2, -0.15) is 0 Å². The molecule has 0 atom stereocenters. The average Bonchev–Trinajstić information content (AvgIpc) is 2.72. The molecular formula is C13H9NO3. The molecule has 2 N–H and O–H groups in total. The molecule has 1 aromatic carbocycles. The number of rotatable bonds is 2. The number of H-pyrrole nitrogens is 1. The summed E-state index contributed by atoms with van der Waals surface area (Å²) < 4.78 is 0. The highest BCUT2D eigenvalue weighted by Gasteiger charge is 2.06. The van der Waals surface area contributed by atoms with Crippen LogP contribution in [-0.2, 0) is 4.79 Å². The molecule has 17 heavy (non-hydrogen) atoms. The van der Waals surface area contributed by atoms with Gasteiger partial charge in [0.05, 0.1) is 6.42 Å². The Morgan fingerprint density at radius 1 is 1.41 bits per heavy atom. The summed E-state index contributed by atoms with van der Waals surface area (Å²) in [5.41, 5.74) is 1.66. The van der Waals surface area contributed by atoms with Gasteiger partial charge in [0.25, 0.3) is 0 Å². The van der Waals surface area contributed by atoms with E-state index < -0.39 is 5.97 Å². The number of carboxylic acids is 1. The first-order valence-corrected chi connectivity index (χ1v) is 4.99. The fraction of sp³-hybridized carbons (Fsp3) is 0.0769. The summed E-state index contributed by atoms with van der Waals surface area (Å²) in [5.74, 6) is 4.54. The second kappa shape index (κ2) is 4.54. The van der Waals surface area contributed by atoms with Crippen LogP contribution < -0.4 is 0 Å². The number of benzene rings is 1. The molecule has 4 nitrogen and oxygen atoms in total. The zero-order chi connectivity index (χ0) is 12.3. The summed E-state index contributed by atoms with van der Waals surface area (Å²) in [7, 11) is 0. The van der Waals surface area contributed by atoms with Gasteiger partial charge in [-0.3, -0.25) is 0 Å². The van der Waals surface area contributed by atoms with Crippen LogP contribution in [0.2, 0.25) is 0 Å². The molecule has 84 valence electrons. The SMILES string of the molecule is O=CCC#Cc1ccc2[nH]c(C(=O)O)cc2c1. The van der Waals surface area contributed by atoms with Crippen LogP contribution in [0.15, 0.2) is 24.3 Å². The number of carboxylic acid groups (broad SMARTS) is 1. The quantitative estimate of drug-likeness (QED) is 0.607. The van der Waals surface area contributed by atoms with Gasteiger partial charge in [0, 0.05) is 16.5 Å². The lowest BCUT2D eigenvalue weighted by Crippen LogP contribution is -1.94. The highest BCUT2D eigenvalue weighted by atomic mass is 16.4. The van der Waals surface area contributed by atoms with E-state index in [2.05, 4.69) is 16.8 Å².